The Morgan fingerprint density at radius 1 is 0.700 bits per heavy atom. The summed E-state index contributed by atoms with van der Waals surface area (Å²) in [7, 11) is 0. The summed E-state index contributed by atoms with van der Waals surface area (Å²) in [6, 6.07) is 26.8. The predicted octanol–water partition coefficient (Wildman–Crippen LogP) is 8.63. The maximum absolute atomic E-state index is 6.03. The van der Waals surface area contributed by atoms with E-state index in [0.717, 1.165) is 62.8 Å². The lowest BCUT2D eigenvalue weighted by Gasteiger charge is -2.32. The molecule has 50 heavy (non-hydrogen) atoms. The minimum Gasteiger partial charge on any atom is -0.478 e. The standard InChI is InChI=1S/C43H55N5O2/c1-40(2)28-49-38(45-40)42(5,6)33-17-13-30(14-18-33)21-26-48-36-12-10-9-11-35(36)44-37(48)32-22-24-47(25-23-32)27-31-15-19-34(20-16-31)43(7,8)39-46-41(3,4)29-50-39/h9-20,32H,21-29H2,1-8H3. The molecule has 0 radical (unpaired) electrons. The Bertz CT molecular complexity index is 1890. The zero-order chi connectivity index (χ0) is 35.3. The van der Waals surface area contributed by atoms with Crippen LogP contribution in [0.4, 0.5) is 0 Å². The van der Waals surface area contributed by atoms with Crippen LogP contribution >= 0.6 is 0 Å². The van der Waals surface area contributed by atoms with Gasteiger partial charge < -0.3 is 14.0 Å². The van der Waals surface area contributed by atoms with Gasteiger partial charge >= 0.3 is 0 Å². The lowest BCUT2D eigenvalue weighted by atomic mass is 9.83. The molecule has 0 amide bonds. The number of fused-ring (bicyclic) bond motifs is 1. The van der Waals surface area contributed by atoms with E-state index in [1.165, 1.54) is 33.6 Å². The first-order valence-corrected chi connectivity index (χ1v) is 18.5. The fraction of sp³-hybridized carbons (Fsp3) is 0.512. The maximum Gasteiger partial charge on any atom is 0.194 e. The summed E-state index contributed by atoms with van der Waals surface area (Å²) < 4.78 is 14.5. The van der Waals surface area contributed by atoms with Crippen LogP contribution in [0.1, 0.15) is 102 Å². The normalized spacial score (nSPS) is 19.7. The molecule has 1 saturated heterocycles. The van der Waals surface area contributed by atoms with Gasteiger partial charge in [-0.15, -0.1) is 0 Å². The highest BCUT2D eigenvalue weighted by atomic mass is 16.5. The fourth-order valence-electron chi connectivity index (χ4n) is 7.66. The van der Waals surface area contributed by atoms with Crippen molar-refractivity contribution in [2.75, 3.05) is 26.3 Å². The number of likely N-dealkylation sites (tertiary alicyclic amines) is 1. The molecule has 3 aliphatic heterocycles. The third kappa shape index (κ3) is 6.99. The number of aliphatic imine (C=N–C) groups is 2. The second kappa shape index (κ2) is 13.0. The van der Waals surface area contributed by atoms with Gasteiger partial charge in [-0.1, -0.05) is 60.7 Å². The van der Waals surface area contributed by atoms with E-state index < -0.39 is 0 Å². The van der Waals surface area contributed by atoms with Crippen molar-refractivity contribution in [3.05, 3.63) is 101 Å². The molecule has 7 heteroatoms. The van der Waals surface area contributed by atoms with Crippen LogP contribution in [0.15, 0.2) is 82.8 Å². The number of hydrogen-bond donors (Lipinski definition) is 0. The Hall–Kier alpha value is -3.97. The number of rotatable bonds is 10. The molecule has 7 nitrogen and oxygen atoms in total. The van der Waals surface area contributed by atoms with Crippen molar-refractivity contribution in [1.82, 2.24) is 14.5 Å². The second-order valence-corrected chi connectivity index (χ2v) is 17.1. The topological polar surface area (TPSA) is 64.2 Å². The number of para-hydroxylation sites is 2. The molecular formula is C43H55N5O2. The first-order valence-electron chi connectivity index (χ1n) is 18.5. The Balaban J connectivity index is 0.990. The zero-order valence-electron chi connectivity index (χ0n) is 31.4. The molecule has 3 aliphatic rings. The van der Waals surface area contributed by atoms with Gasteiger partial charge in [0.25, 0.3) is 0 Å². The van der Waals surface area contributed by atoms with Crippen LogP contribution in [0.3, 0.4) is 0 Å². The van der Waals surface area contributed by atoms with Crippen molar-refractivity contribution in [3.8, 4) is 0 Å². The molecule has 0 bridgehead atoms. The first kappa shape index (κ1) is 34.5. The molecule has 3 aromatic carbocycles. The van der Waals surface area contributed by atoms with Gasteiger partial charge in [0.2, 0.25) is 0 Å². The van der Waals surface area contributed by atoms with Gasteiger partial charge in [0, 0.05) is 19.0 Å². The summed E-state index contributed by atoms with van der Waals surface area (Å²) in [6.45, 7) is 22.7. The van der Waals surface area contributed by atoms with E-state index in [9.17, 15) is 0 Å². The lowest BCUT2D eigenvalue weighted by Crippen LogP contribution is -2.33. The largest absolute Gasteiger partial charge is 0.478 e. The average molecular weight is 674 g/mol. The molecule has 1 aromatic heterocycles. The van der Waals surface area contributed by atoms with Crippen molar-refractivity contribution in [2.24, 2.45) is 9.98 Å². The van der Waals surface area contributed by atoms with Crippen molar-refractivity contribution in [2.45, 2.75) is 116 Å². The highest BCUT2D eigenvalue weighted by molar-refractivity contribution is 5.89. The van der Waals surface area contributed by atoms with Crippen LogP contribution in [-0.2, 0) is 39.8 Å². The molecule has 0 N–H and O–H groups in total. The van der Waals surface area contributed by atoms with Crippen LogP contribution in [0.25, 0.3) is 11.0 Å². The van der Waals surface area contributed by atoms with Gasteiger partial charge in [0.05, 0.1) is 32.9 Å². The van der Waals surface area contributed by atoms with E-state index in [2.05, 4.69) is 138 Å². The molecule has 0 unspecified atom stereocenters. The van der Waals surface area contributed by atoms with Gasteiger partial charge in [-0.05, 0) is 122 Å². The summed E-state index contributed by atoms with van der Waals surface area (Å²) in [5.74, 6) is 3.38. The Labute approximate surface area is 298 Å². The van der Waals surface area contributed by atoms with E-state index in [1.54, 1.807) is 0 Å². The first-order chi connectivity index (χ1) is 23.7. The summed E-state index contributed by atoms with van der Waals surface area (Å²) in [5.41, 5.74) is 6.70. The Kier molecular flexibility index (Phi) is 8.95. The number of benzene rings is 3. The molecule has 264 valence electrons. The Morgan fingerprint density at radius 2 is 1.22 bits per heavy atom. The highest BCUT2D eigenvalue weighted by Gasteiger charge is 2.38. The number of aromatic nitrogens is 2. The minimum atomic E-state index is -0.257. The van der Waals surface area contributed by atoms with E-state index in [4.69, 9.17) is 24.4 Å². The quantitative estimate of drug-likeness (QED) is 0.169. The predicted molar refractivity (Wildman–Crippen MR) is 205 cm³/mol. The molecule has 4 aromatic rings. The minimum absolute atomic E-state index is 0.147. The SMILES string of the molecule is CC1(C)COC(C(C)(C)c2ccc(CCn3c(C4CCN(Cc5ccc(C(C)(C)C6=NC(C)(C)CO6)cc5)CC4)nc4ccccc43)cc2)=N1. The van der Waals surface area contributed by atoms with Crippen LogP contribution in [-0.4, -0.2) is 63.6 Å². The number of imidazole rings is 1. The zero-order valence-corrected chi connectivity index (χ0v) is 31.4. The smallest absolute Gasteiger partial charge is 0.194 e. The number of nitrogens with zero attached hydrogens (tertiary/aromatic N) is 5. The summed E-state index contributed by atoms with van der Waals surface area (Å²) in [6.07, 6.45) is 3.20. The van der Waals surface area contributed by atoms with E-state index >= 15 is 0 Å². The molecule has 0 saturated carbocycles. The summed E-state index contributed by atoms with van der Waals surface area (Å²) in [4.78, 5) is 17.6. The van der Waals surface area contributed by atoms with Crippen LogP contribution in [0.2, 0.25) is 0 Å². The second-order valence-electron chi connectivity index (χ2n) is 17.1. The third-order valence-electron chi connectivity index (χ3n) is 11.0. The van der Waals surface area contributed by atoms with Crippen molar-refractivity contribution >= 4 is 22.8 Å². The van der Waals surface area contributed by atoms with Crippen LogP contribution in [0, 0.1) is 0 Å². The van der Waals surface area contributed by atoms with E-state index in [0.29, 0.717) is 19.1 Å². The highest BCUT2D eigenvalue weighted by Crippen LogP contribution is 2.35. The number of ether oxygens (including phenoxy) is 2. The van der Waals surface area contributed by atoms with Gasteiger partial charge in [0.1, 0.15) is 19.0 Å². The van der Waals surface area contributed by atoms with Crippen LogP contribution in [0.5, 0.6) is 0 Å². The third-order valence-corrected chi connectivity index (χ3v) is 11.0. The van der Waals surface area contributed by atoms with Gasteiger partial charge in [-0.25, -0.2) is 15.0 Å². The number of hydrogen-bond acceptors (Lipinski definition) is 6. The van der Waals surface area contributed by atoms with Gasteiger partial charge in [-0.3, -0.25) is 4.90 Å². The summed E-state index contributed by atoms with van der Waals surface area (Å²) in [5, 5.41) is 0. The maximum atomic E-state index is 6.03. The molecule has 0 atom stereocenters. The lowest BCUT2D eigenvalue weighted by molar-refractivity contribution is 0.200. The number of aryl methyl sites for hydroxylation is 2. The average Bonchev–Trinajstić information content (AvgIpc) is 3.78. The monoisotopic (exact) mass is 673 g/mol. The molecule has 1 fully saturated rings. The molecule has 0 spiro atoms. The van der Waals surface area contributed by atoms with Gasteiger partial charge in [0.15, 0.2) is 11.8 Å². The molecule has 7 rings (SSSR count). The van der Waals surface area contributed by atoms with Crippen molar-refractivity contribution in [1.29, 1.82) is 0 Å². The van der Waals surface area contributed by atoms with E-state index in [1.807, 2.05) is 0 Å². The molecule has 0 aliphatic carbocycles. The van der Waals surface area contributed by atoms with Crippen molar-refractivity contribution < 1.29 is 9.47 Å². The molecule has 4 heterocycles. The molecular weight excluding hydrogens is 619 g/mol. The Morgan fingerprint density at radius 3 is 1.74 bits per heavy atom. The number of piperidine rings is 1. The van der Waals surface area contributed by atoms with Crippen LogP contribution < -0.4 is 0 Å². The van der Waals surface area contributed by atoms with E-state index in [-0.39, 0.29) is 21.9 Å². The fourth-order valence-corrected chi connectivity index (χ4v) is 7.66. The van der Waals surface area contributed by atoms with Gasteiger partial charge in [-0.2, -0.15) is 0 Å². The summed E-state index contributed by atoms with van der Waals surface area (Å²) >= 11 is 0. The van der Waals surface area contributed by atoms with Crippen molar-refractivity contribution in [3.63, 3.8) is 0 Å².